The number of nitrogens with zero attached hydrogens (tertiary/aromatic N) is 1. The summed E-state index contributed by atoms with van der Waals surface area (Å²) in [5.41, 5.74) is -7.31. The van der Waals surface area contributed by atoms with Crippen LogP contribution in [0.5, 0.6) is 5.75 Å². The van der Waals surface area contributed by atoms with E-state index in [0.29, 0.717) is 17.4 Å². The summed E-state index contributed by atoms with van der Waals surface area (Å²) < 4.78 is 200. The fourth-order valence-electron chi connectivity index (χ4n) is 3.59. The average Bonchev–Trinajstić information content (AvgIpc) is 3.41. The third-order valence-electron chi connectivity index (χ3n) is 5.60. The zero-order valence-corrected chi connectivity index (χ0v) is 17.6. The topological polar surface area (TPSA) is 47.3 Å². The average molecular weight is 574 g/mol. The SMILES string of the molecule is FC(F)(F)C(F)(F)C(F)(F)C1(C(F)(F)C(F)(F)C(F)(F)F)Nc2cc(-c3ccc4ocnc4c3)ccc2O1. The van der Waals surface area contributed by atoms with Gasteiger partial charge in [-0.2, -0.15) is 61.5 Å². The zero-order valence-electron chi connectivity index (χ0n) is 17.6. The molecule has 1 aliphatic rings. The van der Waals surface area contributed by atoms with Gasteiger partial charge in [-0.3, -0.25) is 0 Å². The maximum absolute atomic E-state index is 14.7. The first kappa shape index (κ1) is 27.6. The molecule has 0 saturated heterocycles. The van der Waals surface area contributed by atoms with Gasteiger partial charge in [-0.25, -0.2) is 4.98 Å². The summed E-state index contributed by atoms with van der Waals surface area (Å²) in [6.45, 7) is 0. The molecule has 1 N–H and O–H groups in total. The van der Waals surface area contributed by atoms with Gasteiger partial charge in [0.05, 0.1) is 5.69 Å². The van der Waals surface area contributed by atoms with Crippen molar-refractivity contribution in [2.75, 3.05) is 5.32 Å². The molecule has 4 rings (SSSR count). The molecule has 1 aliphatic heterocycles. The Morgan fingerprint density at radius 1 is 0.658 bits per heavy atom. The van der Waals surface area contributed by atoms with Gasteiger partial charge >= 0.3 is 41.8 Å². The number of hydrogen-bond acceptors (Lipinski definition) is 4. The molecule has 0 atom stereocenters. The number of benzene rings is 2. The monoisotopic (exact) mass is 574 g/mol. The maximum atomic E-state index is 14.7. The summed E-state index contributed by atoms with van der Waals surface area (Å²) >= 11 is 0. The molecule has 38 heavy (non-hydrogen) atoms. The van der Waals surface area contributed by atoms with Crippen LogP contribution in [0.3, 0.4) is 0 Å². The van der Waals surface area contributed by atoms with E-state index in [1.807, 2.05) is 0 Å². The molecule has 0 spiro atoms. The first-order valence-electron chi connectivity index (χ1n) is 9.70. The molecule has 0 bridgehead atoms. The highest BCUT2D eigenvalue weighted by Gasteiger charge is 2.94. The van der Waals surface area contributed by atoms with Crippen LogP contribution in [0.4, 0.5) is 67.2 Å². The lowest BCUT2D eigenvalue weighted by Crippen LogP contribution is -2.79. The number of nitrogens with one attached hydrogen (secondary N) is 1. The number of oxazole rings is 1. The van der Waals surface area contributed by atoms with Crippen molar-refractivity contribution in [1.29, 1.82) is 0 Å². The minimum atomic E-state index is -7.60. The number of aromatic nitrogens is 1. The molecule has 2 heterocycles. The Hall–Kier alpha value is -3.47. The molecular formula is C20H8F14N2O2. The van der Waals surface area contributed by atoms with Gasteiger partial charge in [-0.05, 0) is 35.4 Å². The summed E-state index contributed by atoms with van der Waals surface area (Å²) in [7, 11) is 0. The van der Waals surface area contributed by atoms with Crippen molar-refractivity contribution in [2.45, 2.75) is 41.8 Å². The van der Waals surface area contributed by atoms with E-state index in [4.69, 9.17) is 4.42 Å². The molecule has 0 aliphatic carbocycles. The van der Waals surface area contributed by atoms with Gasteiger partial charge in [-0.1, -0.05) is 12.1 Å². The molecule has 208 valence electrons. The molecule has 0 amide bonds. The molecule has 0 saturated carbocycles. The van der Waals surface area contributed by atoms with Crippen molar-refractivity contribution >= 4 is 16.8 Å². The predicted octanol–water partition coefficient (Wildman–Crippen LogP) is 7.66. The standard InChI is InChI=1S/C20H8F14N2O2/c21-14(22,16(25,26)19(29,30)31)18(15(23,24)17(27,28)20(32,33)34)36-11-6-9(2-4-13(11)38-18)8-1-3-12-10(5-8)35-7-37-12/h1-7,36H. The van der Waals surface area contributed by atoms with Gasteiger partial charge in [0, 0.05) is 0 Å². The highest BCUT2D eigenvalue weighted by Crippen LogP contribution is 2.64. The molecule has 0 unspecified atom stereocenters. The number of ether oxygens (including phenoxy) is 1. The Morgan fingerprint density at radius 3 is 1.68 bits per heavy atom. The van der Waals surface area contributed by atoms with Crippen molar-refractivity contribution in [3.05, 3.63) is 42.8 Å². The normalized spacial score (nSPS) is 16.8. The number of halogens is 14. The van der Waals surface area contributed by atoms with E-state index < -0.39 is 53.2 Å². The summed E-state index contributed by atoms with van der Waals surface area (Å²) in [6.07, 6.45) is -13.8. The van der Waals surface area contributed by atoms with Gasteiger partial charge in [-0.15, -0.1) is 0 Å². The second-order valence-corrected chi connectivity index (χ2v) is 7.95. The van der Waals surface area contributed by atoms with Crippen LogP contribution < -0.4 is 10.1 Å². The molecule has 0 radical (unpaired) electrons. The first-order chi connectivity index (χ1) is 17.1. The number of hydrogen-bond donors (Lipinski definition) is 1. The third-order valence-corrected chi connectivity index (χ3v) is 5.60. The van der Waals surface area contributed by atoms with Gasteiger partial charge in [0.2, 0.25) is 0 Å². The molecule has 1 aromatic heterocycles. The van der Waals surface area contributed by atoms with E-state index in [2.05, 4.69) is 9.72 Å². The molecule has 2 aromatic carbocycles. The van der Waals surface area contributed by atoms with E-state index >= 15 is 0 Å². The fraction of sp³-hybridized carbons (Fsp3) is 0.350. The van der Waals surface area contributed by atoms with Crippen molar-refractivity contribution in [1.82, 2.24) is 4.98 Å². The van der Waals surface area contributed by atoms with Crippen LogP contribution in [0.15, 0.2) is 47.2 Å². The quantitative estimate of drug-likeness (QED) is 0.318. The fourth-order valence-corrected chi connectivity index (χ4v) is 3.59. The largest absolute Gasteiger partial charge is 0.460 e. The number of anilines is 1. The Kier molecular flexibility index (Phi) is 5.64. The highest BCUT2D eigenvalue weighted by molar-refractivity contribution is 5.82. The third kappa shape index (κ3) is 3.47. The minimum absolute atomic E-state index is 0.0771. The van der Waals surface area contributed by atoms with Gasteiger partial charge < -0.3 is 14.5 Å². The lowest BCUT2D eigenvalue weighted by molar-refractivity contribution is -0.436. The number of rotatable bonds is 5. The van der Waals surface area contributed by atoms with Crippen molar-refractivity contribution in [3.8, 4) is 16.9 Å². The van der Waals surface area contributed by atoms with Gasteiger partial charge in [0.25, 0.3) is 0 Å². The molecule has 4 nitrogen and oxygen atoms in total. The van der Waals surface area contributed by atoms with Gasteiger partial charge in [0.15, 0.2) is 12.0 Å². The van der Waals surface area contributed by atoms with Crippen LogP contribution in [-0.4, -0.2) is 46.8 Å². The highest BCUT2D eigenvalue weighted by atomic mass is 19.4. The van der Waals surface area contributed by atoms with E-state index in [1.165, 1.54) is 18.2 Å². The van der Waals surface area contributed by atoms with Crippen LogP contribution in [0.1, 0.15) is 0 Å². The Balaban J connectivity index is 1.91. The lowest BCUT2D eigenvalue weighted by atomic mass is 9.88. The smallest absolute Gasteiger partial charge is 0.453 e. The molecule has 0 fully saturated rings. The number of alkyl halides is 14. The van der Waals surface area contributed by atoms with Crippen LogP contribution >= 0.6 is 0 Å². The molecule has 18 heteroatoms. The second kappa shape index (κ2) is 7.78. The number of fused-ring (bicyclic) bond motifs is 2. The summed E-state index contributed by atoms with van der Waals surface area (Å²) in [6, 6.07) is 5.59. The van der Waals surface area contributed by atoms with E-state index in [-0.39, 0.29) is 22.2 Å². The second-order valence-electron chi connectivity index (χ2n) is 7.95. The summed E-state index contributed by atoms with van der Waals surface area (Å²) in [5, 5.41) is 0.611. The summed E-state index contributed by atoms with van der Waals surface area (Å²) in [5.74, 6) is -31.6. The summed E-state index contributed by atoms with van der Waals surface area (Å²) in [4.78, 5) is 3.78. The van der Waals surface area contributed by atoms with Crippen molar-refractivity contribution in [3.63, 3.8) is 0 Å². The van der Waals surface area contributed by atoms with Crippen LogP contribution in [-0.2, 0) is 0 Å². The van der Waals surface area contributed by atoms with E-state index in [9.17, 15) is 61.5 Å². The van der Waals surface area contributed by atoms with Crippen molar-refractivity contribution in [2.24, 2.45) is 0 Å². The Labute approximate surface area is 200 Å². The Bertz CT molecular complexity index is 1340. The van der Waals surface area contributed by atoms with Crippen molar-refractivity contribution < 1.29 is 70.6 Å². The van der Waals surface area contributed by atoms with Crippen LogP contribution in [0, 0.1) is 0 Å². The zero-order chi connectivity index (χ0) is 28.7. The first-order valence-corrected chi connectivity index (χ1v) is 9.70. The molecular weight excluding hydrogens is 566 g/mol. The van der Waals surface area contributed by atoms with E-state index in [0.717, 1.165) is 12.5 Å². The van der Waals surface area contributed by atoms with Crippen LogP contribution in [0.2, 0.25) is 0 Å². The molecule has 3 aromatic rings. The Morgan fingerprint density at radius 2 is 1.16 bits per heavy atom. The van der Waals surface area contributed by atoms with Crippen LogP contribution in [0.25, 0.3) is 22.2 Å². The predicted molar refractivity (Wildman–Crippen MR) is 98.3 cm³/mol. The van der Waals surface area contributed by atoms with E-state index in [1.54, 1.807) is 0 Å². The minimum Gasteiger partial charge on any atom is -0.453 e. The lowest BCUT2D eigenvalue weighted by Gasteiger charge is -2.46. The maximum Gasteiger partial charge on any atom is 0.460 e. The van der Waals surface area contributed by atoms with Gasteiger partial charge in [0.1, 0.15) is 11.3 Å².